The van der Waals surface area contributed by atoms with E-state index in [0.29, 0.717) is 30.0 Å². The van der Waals surface area contributed by atoms with Crippen LogP contribution >= 0.6 is 0 Å². The van der Waals surface area contributed by atoms with E-state index in [9.17, 15) is 4.79 Å². The number of hydrogen-bond acceptors (Lipinski definition) is 4. The number of carbonyl (C=O) groups excluding carboxylic acids is 1. The number of amides is 1. The van der Waals surface area contributed by atoms with Crippen molar-refractivity contribution in [3.8, 4) is 0 Å². The number of anilines is 1. The van der Waals surface area contributed by atoms with Gasteiger partial charge in [0.25, 0.3) is 5.91 Å². The molecule has 0 aliphatic heterocycles. The fraction of sp³-hybridized carbons (Fsp3) is 0.312. The number of carbonyl (C=O) groups is 1. The SMILES string of the molecule is CCN(Cc1cccc(C)n1)C(=O)c1cc(N)cnc1C. The zero-order valence-electron chi connectivity index (χ0n) is 12.6. The van der Waals surface area contributed by atoms with Crippen molar-refractivity contribution >= 4 is 11.6 Å². The van der Waals surface area contributed by atoms with Gasteiger partial charge in [0.05, 0.1) is 35.4 Å². The predicted molar refractivity (Wildman–Crippen MR) is 82.8 cm³/mol. The summed E-state index contributed by atoms with van der Waals surface area (Å²) in [5.74, 6) is -0.0712. The first kappa shape index (κ1) is 15.0. The van der Waals surface area contributed by atoms with Gasteiger partial charge in [-0.25, -0.2) is 0 Å². The lowest BCUT2D eigenvalue weighted by Gasteiger charge is -2.21. The lowest BCUT2D eigenvalue weighted by atomic mass is 10.1. The summed E-state index contributed by atoms with van der Waals surface area (Å²) in [4.78, 5) is 23.0. The van der Waals surface area contributed by atoms with E-state index in [-0.39, 0.29) is 5.91 Å². The average molecular weight is 284 g/mol. The summed E-state index contributed by atoms with van der Waals surface area (Å²) in [6, 6.07) is 7.49. The minimum absolute atomic E-state index is 0.0712. The van der Waals surface area contributed by atoms with Gasteiger partial charge in [-0.2, -0.15) is 0 Å². The van der Waals surface area contributed by atoms with Gasteiger partial charge >= 0.3 is 0 Å². The summed E-state index contributed by atoms with van der Waals surface area (Å²) >= 11 is 0. The Morgan fingerprint density at radius 2 is 2.10 bits per heavy atom. The third-order valence-corrected chi connectivity index (χ3v) is 3.31. The summed E-state index contributed by atoms with van der Waals surface area (Å²) in [7, 11) is 0. The van der Waals surface area contributed by atoms with Crippen LogP contribution in [0, 0.1) is 13.8 Å². The van der Waals surface area contributed by atoms with Crippen LogP contribution in [0.1, 0.15) is 34.4 Å². The molecule has 0 fully saturated rings. The fourth-order valence-electron chi connectivity index (χ4n) is 2.15. The Labute approximate surface area is 124 Å². The molecule has 2 aromatic heterocycles. The Morgan fingerprint density at radius 3 is 2.76 bits per heavy atom. The maximum atomic E-state index is 12.6. The van der Waals surface area contributed by atoms with E-state index in [1.165, 1.54) is 0 Å². The molecule has 0 aromatic carbocycles. The van der Waals surface area contributed by atoms with Gasteiger partial charge in [-0.3, -0.25) is 14.8 Å². The first-order valence-electron chi connectivity index (χ1n) is 6.95. The molecule has 0 saturated carbocycles. The summed E-state index contributed by atoms with van der Waals surface area (Å²) in [5.41, 5.74) is 9.28. The van der Waals surface area contributed by atoms with Crippen LogP contribution in [0.25, 0.3) is 0 Å². The second kappa shape index (κ2) is 6.35. The predicted octanol–water partition coefficient (Wildman–Crippen LogP) is 2.34. The van der Waals surface area contributed by atoms with E-state index in [4.69, 9.17) is 5.73 Å². The molecule has 5 heteroatoms. The van der Waals surface area contributed by atoms with E-state index < -0.39 is 0 Å². The zero-order valence-corrected chi connectivity index (χ0v) is 12.6. The van der Waals surface area contributed by atoms with Crippen molar-refractivity contribution in [3.63, 3.8) is 0 Å². The van der Waals surface area contributed by atoms with Crippen molar-refractivity contribution < 1.29 is 4.79 Å². The second-order valence-electron chi connectivity index (χ2n) is 4.99. The van der Waals surface area contributed by atoms with Crippen LogP contribution in [-0.4, -0.2) is 27.3 Å². The molecule has 2 heterocycles. The molecule has 0 aliphatic carbocycles. The largest absolute Gasteiger partial charge is 0.397 e. The summed E-state index contributed by atoms with van der Waals surface area (Å²) in [5, 5.41) is 0. The van der Waals surface area contributed by atoms with Crippen molar-refractivity contribution in [2.75, 3.05) is 12.3 Å². The Hall–Kier alpha value is -2.43. The van der Waals surface area contributed by atoms with Gasteiger partial charge in [0.1, 0.15) is 0 Å². The number of aryl methyl sites for hydroxylation is 2. The molecule has 5 nitrogen and oxygen atoms in total. The first-order chi connectivity index (χ1) is 10.0. The maximum Gasteiger partial charge on any atom is 0.256 e. The van der Waals surface area contributed by atoms with Crippen LogP contribution in [0.3, 0.4) is 0 Å². The first-order valence-corrected chi connectivity index (χ1v) is 6.95. The normalized spacial score (nSPS) is 10.4. The van der Waals surface area contributed by atoms with Gasteiger partial charge in [0.2, 0.25) is 0 Å². The molecule has 2 N–H and O–H groups in total. The molecule has 0 atom stereocenters. The zero-order chi connectivity index (χ0) is 15.4. The van der Waals surface area contributed by atoms with Crippen molar-refractivity contribution in [2.45, 2.75) is 27.3 Å². The summed E-state index contributed by atoms with van der Waals surface area (Å²) in [6.45, 7) is 6.77. The van der Waals surface area contributed by atoms with Gasteiger partial charge in [0, 0.05) is 12.2 Å². The number of nitrogen functional groups attached to an aromatic ring is 1. The average Bonchev–Trinajstić information content (AvgIpc) is 2.46. The third-order valence-electron chi connectivity index (χ3n) is 3.31. The van der Waals surface area contributed by atoms with Crippen LogP contribution in [0.4, 0.5) is 5.69 Å². The van der Waals surface area contributed by atoms with E-state index in [1.807, 2.05) is 39.0 Å². The molecule has 2 aromatic rings. The quantitative estimate of drug-likeness (QED) is 0.935. The lowest BCUT2D eigenvalue weighted by Crippen LogP contribution is -2.31. The topological polar surface area (TPSA) is 72.1 Å². The molecule has 1 amide bonds. The lowest BCUT2D eigenvalue weighted by molar-refractivity contribution is 0.0749. The second-order valence-corrected chi connectivity index (χ2v) is 4.99. The highest BCUT2D eigenvalue weighted by Gasteiger charge is 2.18. The van der Waals surface area contributed by atoms with Crippen LogP contribution in [0.15, 0.2) is 30.5 Å². The van der Waals surface area contributed by atoms with Crippen molar-refractivity contribution in [1.82, 2.24) is 14.9 Å². The van der Waals surface area contributed by atoms with Gasteiger partial charge in [0.15, 0.2) is 0 Å². The molecular formula is C16H20N4O. The molecular weight excluding hydrogens is 264 g/mol. The van der Waals surface area contributed by atoms with E-state index in [1.54, 1.807) is 17.2 Å². The molecule has 0 unspecified atom stereocenters. The number of nitrogens with zero attached hydrogens (tertiary/aromatic N) is 3. The molecule has 0 bridgehead atoms. The monoisotopic (exact) mass is 284 g/mol. The van der Waals surface area contributed by atoms with Crippen LogP contribution < -0.4 is 5.73 Å². The highest BCUT2D eigenvalue weighted by atomic mass is 16.2. The molecule has 0 spiro atoms. The molecule has 2 rings (SSSR count). The van der Waals surface area contributed by atoms with Crippen molar-refractivity contribution in [2.24, 2.45) is 0 Å². The number of hydrogen-bond donors (Lipinski definition) is 1. The standard InChI is InChI=1S/C16H20N4O/c1-4-20(10-14-7-5-6-11(2)19-14)16(21)15-8-13(17)9-18-12(15)3/h5-9H,4,10,17H2,1-3H3. The van der Waals surface area contributed by atoms with E-state index >= 15 is 0 Å². The molecule has 21 heavy (non-hydrogen) atoms. The van der Waals surface area contributed by atoms with Crippen molar-refractivity contribution in [3.05, 3.63) is 53.1 Å². The van der Waals surface area contributed by atoms with Crippen LogP contribution in [-0.2, 0) is 6.54 Å². The number of rotatable bonds is 4. The third kappa shape index (κ3) is 3.56. The van der Waals surface area contributed by atoms with Crippen molar-refractivity contribution in [1.29, 1.82) is 0 Å². The highest BCUT2D eigenvalue weighted by Crippen LogP contribution is 2.14. The Morgan fingerprint density at radius 1 is 1.33 bits per heavy atom. The number of pyridine rings is 2. The minimum Gasteiger partial charge on any atom is -0.397 e. The summed E-state index contributed by atoms with van der Waals surface area (Å²) in [6.07, 6.45) is 1.56. The molecule has 0 saturated heterocycles. The number of nitrogens with two attached hydrogens (primary N) is 1. The smallest absolute Gasteiger partial charge is 0.256 e. The van der Waals surface area contributed by atoms with Gasteiger partial charge in [-0.05, 0) is 39.0 Å². The summed E-state index contributed by atoms with van der Waals surface area (Å²) < 4.78 is 0. The fourth-order valence-corrected chi connectivity index (χ4v) is 2.15. The molecule has 0 radical (unpaired) electrons. The Bertz CT molecular complexity index is 654. The minimum atomic E-state index is -0.0712. The van der Waals surface area contributed by atoms with Gasteiger partial charge in [-0.1, -0.05) is 6.07 Å². The Balaban J connectivity index is 2.24. The highest BCUT2D eigenvalue weighted by molar-refractivity contribution is 5.95. The molecule has 110 valence electrons. The number of aromatic nitrogens is 2. The van der Waals surface area contributed by atoms with Gasteiger partial charge < -0.3 is 10.6 Å². The van der Waals surface area contributed by atoms with E-state index in [0.717, 1.165) is 11.4 Å². The maximum absolute atomic E-state index is 12.6. The molecule has 0 aliphatic rings. The van der Waals surface area contributed by atoms with Crippen LogP contribution in [0.2, 0.25) is 0 Å². The Kier molecular flexibility index (Phi) is 4.52. The van der Waals surface area contributed by atoms with Gasteiger partial charge in [-0.15, -0.1) is 0 Å². The van der Waals surface area contributed by atoms with E-state index in [2.05, 4.69) is 9.97 Å². The van der Waals surface area contributed by atoms with Crippen LogP contribution in [0.5, 0.6) is 0 Å².